The normalized spacial score (nSPS) is 16.1. The number of nitrogens with zero attached hydrogens (tertiary/aromatic N) is 1. The van der Waals surface area contributed by atoms with E-state index in [0.717, 1.165) is 24.3 Å². The molecule has 152 valence electrons. The van der Waals surface area contributed by atoms with Gasteiger partial charge < -0.3 is 20.3 Å². The molecule has 7 heteroatoms. The van der Waals surface area contributed by atoms with E-state index in [4.69, 9.17) is 17.0 Å². The highest BCUT2D eigenvalue weighted by molar-refractivity contribution is 7.80. The van der Waals surface area contributed by atoms with Crippen LogP contribution in [0.15, 0.2) is 54.1 Å². The number of hydrogen-bond donors (Lipinski definition) is 2. The topological polar surface area (TPSA) is 53.6 Å². The lowest BCUT2D eigenvalue weighted by Crippen LogP contribution is -2.45. The van der Waals surface area contributed by atoms with E-state index in [1.165, 1.54) is 19.2 Å². The predicted octanol–water partition coefficient (Wildman–Crippen LogP) is 3.78. The van der Waals surface area contributed by atoms with Crippen molar-refractivity contribution < 1.29 is 13.9 Å². The van der Waals surface area contributed by atoms with E-state index in [0.29, 0.717) is 21.9 Å². The van der Waals surface area contributed by atoms with E-state index < -0.39 is 12.0 Å². The molecule has 2 aromatic rings. The third kappa shape index (κ3) is 4.40. The maximum atomic E-state index is 13.4. The highest BCUT2D eigenvalue weighted by atomic mass is 32.1. The summed E-state index contributed by atoms with van der Waals surface area (Å²) in [4.78, 5) is 14.9. The summed E-state index contributed by atoms with van der Waals surface area (Å²) in [5.74, 6) is -0.835. The van der Waals surface area contributed by atoms with Gasteiger partial charge in [-0.3, -0.25) is 0 Å². The lowest BCUT2D eigenvalue weighted by Gasteiger charge is -2.31. The van der Waals surface area contributed by atoms with E-state index in [-0.39, 0.29) is 5.82 Å². The number of nitrogens with one attached hydrogen (secondary N) is 2. The monoisotopic (exact) mass is 413 g/mol. The second-order valence-corrected chi connectivity index (χ2v) is 6.99. The molecule has 0 radical (unpaired) electrons. The third-order valence-electron chi connectivity index (χ3n) is 4.97. The van der Waals surface area contributed by atoms with Crippen molar-refractivity contribution in [2.45, 2.75) is 19.9 Å². The molecule has 5 nitrogen and oxygen atoms in total. The van der Waals surface area contributed by atoms with E-state index in [1.54, 1.807) is 12.1 Å². The van der Waals surface area contributed by atoms with E-state index in [1.807, 2.05) is 24.3 Å². The number of methoxy groups -OCH3 is 1. The SMILES string of the molecule is CCN(CC)c1ccc(C2NC(=S)NC(c3ccc(F)cc3)=C2C(=O)OC)cc1. The number of anilines is 1. The molecule has 0 saturated carbocycles. The molecular formula is C22H24FN3O2S. The number of thiocarbonyl (C=S) groups is 1. The summed E-state index contributed by atoms with van der Waals surface area (Å²) in [6.07, 6.45) is 0. The Labute approximate surface area is 175 Å². The maximum absolute atomic E-state index is 13.4. The molecule has 29 heavy (non-hydrogen) atoms. The predicted molar refractivity (Wildman–Crippen MR) is 117 cm³/mol. The van der Waals surface area contributed by atoms with Crippen LogP contribution in [0, 0.1) is 5.82 Å². The molecule has 1 atom stereocenters. The Bertz CT molecular complexity index is 922. The molecule has 0 amide bonds. The van der Waals surface area contributed by atoms with E-state index in [2.05, 4.69) is 29.4 Å². The average Bonchev–Trinajstić information content (AvgIpc) is 2.74. The highest BCUT2D eigenvalue weighted by Gasteiger charge is 2.32. The lowest BCUT2D eigenvalue weighted by molar-refractivity contribution is -0.136. The van der Waals surface area contributed by atoms with Gasteiger partial charge in [-0.15, -0.1) is 0 Å². The molecule has 2 N–H and O–H groups in total. The Hall–Kier alpha value is -2.93. The van der Waals surface area contributed by atoms with Gasteiger partial charge in [-0.1, -0.05) is 12.1 Å². The van der Waals surface area contributed by atoms with Crippen molar-refractivity contribution in [3.05, 3.63) is 71.0 Å². The van der Waals surface area contributed by atoms with Crippen LogP contribution in [0.25, 0.3) is 5.70 Å². The van der Waals surface area contributed by atoms with Crippen LogP contribution in [-0.4, -0.2) is 31.3 Å². The minimum atomic E-state index is -0.484. The first-order valence-corrected chi connectivity index (χ1v) is 9.90. The number of halogens is 1. The summed E-state index contributed by atoms with van der Waals surface area (Å²) in [7, 11) is 1.34. The van der Waals surface area contributed by atoms with E-state index >= 15 is 0 Å². The zero-order valence-electron chi connectivity index (χ0n) is 16.7. The van der Waals surface area contributed by atoms with Crippen molar-refractivity contribution in [2.24, 2.45) is 0 Å². The maximum Gasteiger partial charge on any atom is 0.338 e. The number of carbonyl (C=O) groups is 1. The van der Waals surface area contributed by atoms with Gasteiger partial charge in [-0.2, -0.15) is 0 Å². The van der Waals surface area contributed by atoms with Crippen LogP contribution in [0.3, 0.4) is 0 Å². The molecule has 0 spiro atoms. The van der Waals surface area contributed by atoms with Crippen molar-refractivity contribution in [1.29, 1.82) is 0 Å². The van der Waals surface area contributed by atoms with Crippen LogP contribution in [0.5, 0.6) is 0 Å². The largest absolute Gasteiger partial charge is 0.466 e. The Balaban J connectivity index is 2.08. The minimum Gasteiger partial charge on any atom is -0.466 e. The molecule has 0 aliphatic carbocycles. The van der Waals surface area contributed by atoms with E-state index in [9.17, 15) is 9.18 Å². The molecule has 2 aromatic carbocycles. The molecule has 0 saturated heterocycles. The summed E-state index contributed by atoms with van der Waals surface area (Å²) >= 11 is 5.38. The van der Waals surface area contributed by atoms with Crippen molar-refractivity contribution in [2.75, 3.05) is 25.1 Å². The first kappa shape index (κ1) is 20.8. The Morgan fingerprint density at radius 3 is 2.28 bits per heavy atom. The van der Waals surface area contributed by atoms with Crippen molar-refractivity contribution in [3.8, 4) is 0 Å². The van der Waals surface area contributed by atoms with Crippen LogP contribution < -0.4 is 15.5 Å². The first-order chi connectivity index (χ1) is 14.0. The highest BCUT2D eigenvalue weighted by Crippen LogP contribution is 2.32. The van der Waals surface area contributed by atoms with Gasteiger partial charge in [-0.25, -0.2) is 9.18 Å². The summed E-state index contributed by atoms with van der Waals surface area (Å²) in [5.41, 5.74) is 3.55. The Kier molecular flexibility index (Phi) is 6.49. The zero-order valence-corrected chi connectivity index (χ0v) is 17.5. The van der Waals surface area contributed by atoms with Gasteiger partial charge in [-0.05, 0) is 73.6 Å². The number of rotatable bonds is 6. The fraction of sp³-hybridized carbons (Fsp3) is 0.273. The summed E-state index contributed by atoms with van der Waals surface area (Å²) in [5, 5.41) is 6.58. The van der Waals surface area contributed by atoms with Crippen LogP contribution in [-0.2, 0) is 9.53 Å². The molecule has 1 aliphatic rings. The van der Waals surface area contributed by atoms with Crippen LogP contribution >= 0.6 is 12.2 Å². The zero-order chi connectivity index (χ0) is 21.0. The molecule has 1 unspecified atom stereocenters. The Morgan fingerprint density at radius 2 is 1.72 bits per heavy atom. The van der Waals surface area contributed by atoms with Gasteiger partial charge in [0.1, 0.15) is 5.82 Å². The van der Waals surface area contributed by atoms with Crippen molar-refractivity contribution in [1.82, 2.24) is 10.6 Å². The molecular weight excluding hydrogens is 389 g/mol. The van der Waals surface area contributed by atoms with Gasteiger partial charge in [0, 0.05) is 18.8 Å². The number of benzene rings is 2. The fourth-order valence-electron chi connectivity index (χ4n) is 3.45. The van der Waals surface area contributed by atoms with Crippen LogP contribution in [0.2, 0.25) is 0 Å². The van der Waals surface area contributed by atoms with Crippen molar-refractivity contribution in [3.63, 3.8) is 0 Å². The van der Waals surface area contributed by atoms with Crippen molar-refractivity contribution >= 4 is 34.7 Å². The molecule has 1 heterocycles. The quantitative estimate of drug-likeness (QED) is 0.555. The number of carbonyl (C=O) groups excluding carboxylic acids is 1. The fourth-order valence-corrected chi connectivity index (χ4v) is 3.67. The molecule has 0 fully saturated rings. The summed E-state index contributed by atoms with van der Waals surface area (Å²) < 4.78 is 18.4. The standard InChI is InChI=1S/C22H24FN3O2S/c1-4-26(5-2)17-12-8-15(9-13-17)20-18(21(27)28-3)19(24-22(29)25-20)14-6-10-16(23)11-7-14/h6-13,20H,4-5H2,1-3H3,(H2,24,25,29). The second-order valence-electron chi connectivity index (χ2n) is 6.58. The first-order valence-electron chi connectivity index (χ1n) is 9.49. The lowest BCUT2D eigenvalue weighted by atomic mass is 9.92. The second kappa shape index (κ2) is 9.05. The smallest absolute Gasteiger partial charge is 0.338 e. The minimum absolute atomic E-state index is 0.353. The molecule has 0 bridgehead atoms. The van der Waals surface area contributed by atoms with Gasteiger partial charge >= 0.3 is 5.97 Å². The van der Waals surface area contributed by atoms with Crippen LogP contribution in [0.1, 0.15) is 31.0 Å². The van der Waals surface area contributed by atoms with Gasteiger partial charge in [0.05, 0.1) is 24.4 Å². The molecule has 3 rings (SSSR count). The van der Waals surface area contributed by atoms with Crippen LogP contribution in [0.4, 0.5) is 10.1 Å². The molecule has 0 aromatic heterocycles. The van der Waals surface area contributed by atoms with Gasteiger partial charge in [0.2, 0.25) is 0 Å². The van der Waals surface area contributed by atoms with Gasteiger partial charge in [0.15, 0.2) is 5.11 Å². The average molecular weight is 414 g/mol. The Morgan fingerprint density at radius 1 is 1.10 bits per heavy atom. The third-order valence-corrected chi connectivity index (χ3v) is 5.19. The number of esters is 1. The number of hydrogen-bond acceptors (Lipinski definition) is 4. The number of ether oxygens (including phenoxy) is 1. The van der Waals surface area contributed by atoms with Gasteiger partial charge in [0.25, 0.3) is 0 Å². The molecule has 1 aliphatic heterocycles. The summed E-state index contributed by atoms with van der Waals surface area (Å²) in [6, 6.07) is 13.4. The summed E-state index contributed by atoms with van der Waals surface area (Å²) in [6.45, 7) is 6.04.